The molecular weight excluding hydrogens is 912 g/mol. The molecule has 0 heterocycles. The van der Waals surface area contributed by atoms with Gasteiger partial charge in [0.2, 0.25) is 5.91 Å². The molecule has 72 heavy (non-hydrogen) atoms. The largest absolute Gasteiger partial charge is 0.472 e. The van der Waals surface area contributed by atoms with Crippen LogP contribution in [0.15, 0.2) is 0 Å². The van der Waals surface area contributed by atoms with Crippen LogP contribution < -0.4 is 5.32 Å². The highest BCUT2D eigenvalue weighted by molar-refractivity contribution is 7.47. The van der Waals surface area contributed by atoms with Crippen molar-refractivity contribution in [2.24, 2.45) is 0 Å². The third-order valence-corrected chi connectivity index (χ3v) is 16.3. The first-order valence-electron chi connectivity index (χ1n) is 32.4. The lowest BCUT2D eigenvalue weighted by atomic mass is 10.0. The minimum atomic E-state index is -4.32. The molecule has 0 aliphatic carbocycles. The highest BCUT2D eigenvalue weighted by Gasteiger charge is 2.28. The normalized spacial score (nSPS) is 13.7. The van der Waals surface area contributed by atoms with Gasteiger partial charge in [0.1, 0.15) is 13.2 Å². The van der Waals surface area contributed by atoms with Crippen molar-refractivity contribution in [3.63, 3.8) is 0 Å². The Hall–Kier alpha value is -0.500. The molecule has 8 nitrogen and oxygen atoms in total. The molecule has 3 atom stereocenters. The molecule has 432 valence electrons. The van der Waals surface area contributed by atoms with E-state index in [0.717, 1.165) is 38.5 Å². The molecule has 3 unspecified atom stereocenters. The van der Waals surface area contributed by atoms with Crippen molar-refractivity contribution in [2.45, 2.75) is 360 Å². The second kappa shape index (κ2) is 55.3. The average molecular weight is 1040 g/mol. The molecule has 3 N–H and O–H groups in total. The number of hydrogen-bond acceptors (Lipinski definition) is 5. The zero-order chi connectivity index (χ0) is 52.7. The monoisotopic (exact) mass is 1040 g/mol. The summed E-state index contributed by atoms with van der Waals surface area (Å²) in [6.07, 6.45) is 67.6. The number of aliphatic hydroxyl groups is 1. The molecule has 0 spiro atoms. The Balaban J connectivity index is 3.98. The maximum Gasteiger partial charge on any atom is 0.472 e. The van der Waals surface area contributed by atoms with E-state index in [9.17, 15) is 19.4 Å². The maximum absolute atomic E-state index is 13.0. The molecule has 0 aromatic rings. The van der Waals surface area contributed by atoms with E-state index in [1.165, 1.54) is 283 Å². The summed E-state index contributed by atoms with van der Waals surface area (Å²) in [5, 5.41) is 14.1. The van der Waals surface area contributed by atoms with Crippen LogP contribution in [0.3, 0.4) is 0 Å². The topological polar surface area (TPSA) is 105 Å². The van der Waals surface area contributed by atoms with Crippen LogP contribution in [-0.4, -0.2) is 73.4 Å². The number of aliphatic hydroxyl groups excluding tert-OH is 1. The number of carbonyl (C=O) groups excluding carboxylic acids is 1. The van der Waals surface area contributed by atoms with Gasteiger partial charge in [0.25, 0.3) is 0 Å². The van der Waals surface area contributed by atoms with Gasteiger partial charge in [-0.05, 0) is 12.8 Å². The summed E-state index contributed by atoms with van der Waals surface area (Å²) in [5.74, 6) is -0.134. The fraction of sp³-hybridized carbons (Fsp3) is 0.984. The number of likely N-dealkylation sites (N-methyl/N-ethyl adjacent to an activating group) is 1. The number of rotatable bonds is 61. The molecule has 0 bridgehead atoms. The van der Waals surface area contributed by atoms with Crippen molar-refractivity contribution in [2.75, 3.05) is 40.9 Å². The summed E-state index contributed by atoms with van der Waals surface area (Å²) >= 11 is 0. The number of phosphoric ester groups is 1. The van der Waals surface area contributed by atoms with Crippen molar-refractivity contribution in [1.82, 2.24) is 5.32 Å². The lowest BCUT2D eigenvalue weighted by Gasteiger charge is -2.26. The van der Waals surface area contributed by atoms with E-state index in [-0.39, 0.29) is 19.1 Å². The quantitative estimate of drug-likeness (QED) is 0.0318. The first-order valence-corrected chi connectivity index (χ1v) is 33.9. The standard InChI is InChI=1S/C63H129N2O6P/c1-6-8-10-12-14-16-18-20-22-24-26-27-28-29-30-31-32-33-34-35-36-37-39-41-43-45-47-49-51-53-55-57-63(67)64-61(60-71-72(68,69)70-59-58-65(3,4)5)62(66)56-54-52-50-48-46-44-42-40-38-25-23-21-19-17-15-13-11-9-7-2/h61-62,66H,6-60H2,1-5H3,(H-,64,67,68,69)/p+1. The van der Waals surface area contributed by atoms with Gasteiger partial charge in [-0.3, -0.25) is 13.8 Å². The van der Waals surface area contributed by atoms with Gasteiger partial charge in [0.05, 0.1) is 39.9 Å². The van der Waals surface area contributed by atoms with Crippen molar-refractivity contribution in [3.05, 3.63) is 0 Å². The van der Waals surface area contributed by atoms with Crippen molar-refractivity contribution in [3.8, 4) is 0 Å². The van der Waals surface area contributed by atoms with Gasteiger partial charge in [-0.25, -0.2) is 4.57 Å². The number of nitrogens with zero attached hydrogens (tertiary/aromatic N) is 1. The van der Waals surface area contributed by atoms with Gasteiger partial charge < -0.3 is 19.8 Å². The number of amides is 1. The molecule has 1 amide bonds. The zero-order valence-electron chi connectivity index (χ0n) is 49.5. The minimum Gasteiger partial charge on any atom is -0.391 e. The van der Waals surface area contributed by atoms with E-state index in [4.69, 9.17) is 9.05 Å². The lowest BCUT2D eigenvalue weighted by Crippen LogP contribution is -2.46. The van der Waals surface area contributed by atoms with Crippen LogP contribution in [0.1, 0.15) is 348 Å². The molecule has 0 aliphatic heterocycles. The number of nitrogens with one attached hydrogen (secondary N) is 1. The van der Waals surface area contributed by atoms with E-state index >= 15 is 0 Å². The van der Waals surface area contributed by atoms with E-state index in [2.05, 4.69) is 19.2 Å². The summed E-state index contributed by atoms with van der Waals surface area (Å²) in [4.78, 5) is 23.4. The molecule has 9 heteroatoms. The van der Waals surface area contributed by atoms with Gasteiger partial charge >= 0.3 is 7.82 Å². The number of quaternary nitrogens is 1. The molecular formula is C63H130N2O6P+. The first-order chi connectivity index (χ1) is 35.0. The van der Waals surface area contributed by atoms with E-state index in [0.29, 0.717) is 23.9 Å². The third kappa shape index (κ3) is 57.2. The van der Waals surface area contributed by atoms with Crippen LogP contribution in [0.25, 0.3) is 0 Å². The maximum atomic E-state index is 13.0. The summed E-state index contributed by atoms with van der Waals surface area (Å²) in [7, 11) is 1.64. The van der Waals surface area contributed by atoms with E-state index in [1.807, 2.05) is 21.1 Å². The van der Waals surface area contributed by atoms with Crippen LogP contribution in [0.5, 0.6) is 0 Å². The van der Waals surface area contributed by atoms with E-state index in [1.54, 1.807) is 0 Å². The van der Waals surface area contributed by atoms with Gasteiger partial charge in [0, 0.05) is 6.42 Å². The molecule has 0 aromatic heterocycles. The number of hydrogen-bond donors (Lipinski definition) is 3. The highest BCUT2D eigenvalue weighted by atomic mass is 31.2. The minimum absolute atomic E-state index is 0.0793. The number of phosphoric acid groups is 1. The first kappa shape index (κ1) is 71.5. The second-order valence-electron chi connectivity index (χ2n) is 23.9. The van der Waals surface area contributed by atoms with Crippen LogP contribution in [0.4, 0.5) is 0 Å². The van der Waals surface area contributed by atoms with Gasteiger partial charge in [-0.2, -0.15) is 0 Å². The molecule has 0 saturated heterocycles. The Bertz CT molecular complexity index is 1140. The Morgan fingerprint density at radius 2 is 0.667 bits per heavy atom. The Morgan fingerprint density at radius 3 is 0.931 bits per heavy atom. The van der Waals surface area contributed by atoms with Crippen molar-refractivity contribution < 1.29 is 32.9 Å². The van der Waals surface area contributed by atoms with Crippen molar-refractivity contribution >= 4 is 13.7 Å². The Labute approximate surface area is 450 Å². The highest BCUT2D eigenvalue weighted by Crippen LogP contribution is 2.43. The van der Waals surface area contributed by atoms with Crippen LogP contribution in [0, 0.1) is 0 Å². The van der Waals surface area contributed by atoms with Gasteiger partial charge in [-0.15, -0.1) is 0 Å². The summed E-state index contributed by atoms with van der Waals surface area (Å²) < 4.78 is 23.8. The smallest absolute Gasteiger partial charge is 0.391 e. The Morgan fingerprint density at radius 1 is 0.417 bits per heavy atom. The molecule has 0 aliphatic rings. The third-order valence-electron chi connectivity index (χ3n) is 15.4. The molecule has 0 fully saturated rings. The number of unbranched alkanes of at least 4 members (excludes halogenated alkanes) is 48. The fourth-order valence-electron chi connectivity index (χ4n) is 10.3. The van der Waals surface area contributed by atoms with E-state index < -0.39 is 20.0 Å². The average Bonchev–Trinajstić information content (AvgIpc) is 3.34. The van der Waals surface area contributed by atoms with Crippen molar-refractivity contribution in [1.29, 1.82) is 0 Å². The molecule has 0 aromatic carbocycles. The van der Waals surface area contributed by atoms with Crippen LogP contribution in [0.2, 0.25) is 0 Å². The SMILES string of the molecule is CCCCCCCCCCCCCCCCCCCCCCCCCCCCCCCCCC(=O)NC(COP(=O)(O)OCC[N+](C)(C)C)C(O)CCCCCCCCCCCCCCCCCCCCC. The summed E-state index contributed by atoms with van der Waals surface area (Å²) in [6.45, 7) is 4.96. The summed E-state index contributed by atoms with van der Waals surface area (Å²) in [6, 6.07) is -0.756. The van der Waals surface area contributed by atoms with Crippen LogP contribution in [-0.2, 0) is 18.4 Å². The summed E-state index contributed by atoms with van der Waals surface area (Å²) in [5.41, 5.74) is 0. The molecule has 0 saturated carbocycles. The molecule has 0 radical (unpaired) electrons. The van der Waals surface area contributed by atoms with Gasteiger partial charge in [0.15, 0.2) is 0 Å². The second-order valence-corrected chi connectivity index (χ2v) is 25.3. The predicted octanol–water partition coefficient (Wildman–Crippen LogP) is 20.0. The van der Waals surface area contributed by atoms with Crippen LogP contribution >= 0.6 is 7.82 Å². The fourth-order valence-corrected chi connectivity index (χ4v) is 11.0. The molecule has 0 rings (SSSR count). The predicted molar refractivity (Wildman–Crippen MR) is 314 cm³/mol. The number of carbonyl (C=O) groups is 1. The van der Waals surface area contributed by atoms with Gasteiger partial charge in [-0.1, -0.05) is 328 Å². The zero-order valence-corrected chi connectivity index (χ0v) is 50.4. The Kier molecular flexibility index (Phi) is 54.9. The lowest BCUT2D eigenvalue weighted by molar-refractivity contribution is -0.870.